The van der Waals surface area contributed by atoms with Gasteiger partial charge in [0, 0.05) is 42.9 Å². The summed E-state index contributed by atoms with van der Waals surface area (Å²) in [5, 5.41) is 9.39. The van der Waals surface area contributed by atoms with Crippen molar-refractivity contribution < 1.29 is 22.6 Å². The van der Waals surface area contributed by atoms with Crippen LogP contribution in [0.2, 0.25) is 0 Å². The summed E-state index contributed by atoms with van der Waals surface area (Å²) in [4.78, 5) is 10.3. The van der Waals surface area contributed by atoms with Crippen LogP contribution in [0.1, 0.15) is 55.0 Å². The Balaban J connectivity index is 1.16. The van der Waals surface area contributed by atoms with Gasteiger partial charge >= 0.3 is 6.18 Å². The minimum Gasteiger partial charge on any atom is -0.453 e. The number of hydrogen-bond acceptors (Lipinski definition) is 7. The van der Waals surface area contributed by atoms with Crippen LogP contribution in [-0.2, 0) is 24.0 Å². The van der Waals surface area contributed by atoms with Crippen molar-refractivity contribution in [3.05, 3.63) is 54.0 Å². The van der Waals surface area contributed by atoms with Gasteiger partial charge in [-0.3, -0.25) is 9.67 Å². The van der Waals surface area contributed by atoms with Crippen molar-refractivity contribution in [2.45, 2.75) is 56.9 Å². The van der Waals surface area contributed by atoms with E-state index in [1.54, 1.807) is 6.20 Å². The van der Waals surface area contributed by atoms with E-state index in [-0.39, 0.29) is 6.54 Å². The minimum atomic E-state index is -4.56. The maximum Gasteiger partial charge on any atom is 0.453 e. The van der Waals surface area contributed by atoms with Crippen LogP contribution in [0.4, 0.5) is 18.9 Å². The van der Waals surface area contributed by atoms with Gasteiger partial charge in [-0.05, 0) is 49.9 Å². The van der Waals surface area contributed by atoms with Crippen LogP contribution >= 0.6 is 0 Å². The van der Waals surface area contributed by atoms with Gasteiger partial charge in [-0.2, -0.15) is 18.3 Å². The minimum absolute atomic E-state index is 0.236. The molecule has 0 radical (unpaired) electrons. The fourth-order valence-corrected chi connectivity index (χ4v) is 5.24. The predicted octanol–water partition coefficient (Wildman–Crippen LogP) is 5.08. The highest BCUT2D eigenvalue weighted by Gasteiger charge is 2.38. The summed E-state index contributed by atoms with van der Waals surface area (Å²) in [5.41, 5.74) is 2.58. The van der Waals surface area contributed by atoms with E-state index in [0.29, 0.717) is 36.6 Å². The van der Waals surface area contributed by atoms with Crippen LogP contribution in [0.25, 0.3) is 10.9 Å². The summed E-state index contributed by atoms with van der Waals surface area (Å²) in [6, 6.07) is 8.14. The predicted molar refractivity (Wildman–Crippen MR) is 131 cm³/mol. The van der Waals surface area contributed by atoms with E-state index in [2.05, 4.69) is 15.1 Å². The lowest BCUT2D eigenvalue weighted by Crippen LogP contribution is -2.34. The van der Waals surface area contributed by atoms with Crippen LogP contribution in [0, 0.1) is 0 Å². The second kappa shape index (κ2) is 8.97. The lowest BCUT2D eigenvalue weighted by atomic mass is 9.96. The highest BCUT2D eigenvalue weighted by atomic mass is 19.4. The number of pyridine rings is 1. The van der Waals surface area contributed by atoms with Gasteiger partial charge in [0.1, 0.15) is 17.3 Å². The van der Waals surface area contributed by atoms with E-state index >= 15 is 0 Å². The SMILES string of the molecule is FC(F)(F)c1nc2n(n1)CCN(c1ccc3c(Oc4cn(C5CC5)nc4C4CCOCC4)ccnc3c1)C2. The number of hydrogen-bond donors (Lipinski definition) is 0. The van der Waals surface area contributed by atoms with Gasteiger partial charge in [0.2, 0.25) is 0 Å². The Labute approximate surface area is 216 Å². The molecule has 2 aliphatic heterocycles. The molecule has 1 saturated carbocycles. The first kappa shape index (κ1) is 23.4. The second-order valence-electron chi connectivity index (χ2n) is 10.1. The molecule has 0 unspecified atom stereocenters. The van der Waals surface area contributed by atoms with Crippen molar-refractivity contribution in [1.29, 1.82) is 0 Å². The first-order valence-corrected chi connectivity index (χ1v) is 12.9. The summed E-state index contributed by atoms with van der Waals surface area (Å²) in [6.45, 7) is 2.54. The largest absolute Gasteiger partial charge is 0.453 e. The quantitative estimate of drug-likeness (QED) is 0.359. The monoisotopic (exact) mass is 525 g/mol. The number of alkyl halides is 3. The van der Waals surface area contributed by atoms with Crippen LogP contribution in [0.15, 0.2) is 36.7 Å². The van der Waals surface area contributed by atoms with Crippen molar-refractivity contribution in [2.24, 2.45) is 0 Å². The molecule has 9 nitrogen and oxygen atoms in total. The van der Waals surface area contributed by atoms with E-state index in [1.165, 1.54) is 4.68 Å². The Morgan fingerprint density at radius 3 is 2.61 bits per heavy atom. The summed E-state index contributed by atoms with van der Waals surface area (Å²) >= 11 is 0. The van der Waals surface area contributed by atoms with E-state index in [0.717, 1.165) is 66.9 Å². The van der Waals surface area contributed by atoms with Crippen LogP contribution in [0.3, 0.4) is 0 Å². The molecule has 0 spiro atoms. The van der Waals surface area contributed by atoms with E-state index in [1.807, 2.05) is 40.0 Å². The molecule has 4 aromatic rings. The van der Waals surface area contributed by atoms with E-state index in [9.17, 15) is 13.2 Å². The summed E-state index contributed by atoms with van der Waals surface area (Å²) in [7, 11) is 0. The molecule has 7 rings (SSSR count). The molecule has 3 aromatic heterocycles. The van der Waals surface area contributed by atoms with Crippen LogP contribution in [-0.4, -0.2) is 49.3 Å². The molecule has 5 heterocycles. The van der Waals surface area contributed by atoms with Gasteiger partial charge in [-0.25, -0.2) is 9.67 Å². The fourth-order valence-electron chi connectivity index (χ4n) is 5.24. The topological polar surface area (TPSA) is 83.1 Å². The lowest BCUT2D eigenvalue weighted by molar-refractivity contribution is -0.145. The van der Waals surface area contributed by atoms with Gasteiger partial charge in [-0.1, -0.05) is 0 Å². The van der Waals surface area contributed by atoms with Gasteiger partial charge in [0.15, 0.2) is 5.75 Å². The zero-order valence-corrected chi connectivity index (χ0v) is 20.6. The number of benzene rings is 1. The molecular weight excluding hydrogens is 499 g/mol. The van der Waals surface area contributed by atoms with Crippen LogP contribution < -0.4 is 9.64 Å². The number of ether oxygens (including phenoxy) is 2. The summed E-state index contributed by atoms with van der Waals surface area (Å²) < 4.78 is 54.6. The Kier molecular flexibility index (Phi) is 5.53. The highest BCUT2D eigenvalue weighted by Crippen LogP contribution is 2.41. The zero-order valence-electron chi connectivity index (χ0n) is 20.6. The van der Waals surface area contributed by atoms with Gasteiger partial charge in [0.25, 0.3) is 5.82 Å². The van der Waals surface area contributed by atoms with Gasteiger partial charge in [-0.15, -0.1) is 5.10 Å². The molecule has 3 aliphatic rings. The number of nitrogens with zero attached hydrogens (tertiary/aromatic N) is 7. The first-order valence-electron chi connectivity index (χ1n) is 12.9. The Morgan fingerprint density at radius 1 is 0.974 bits per heavy atom. The molecule has 198 valence electrons. The molecule has 12 heteroatoms. The van der Waals surface area contributed by atoms with E-state index in [4.69, 9.17) is 14.6 Å². The number of fused-ring (bicyclic) bond motifs is 2. The lowest BCUT2D eigenvalue weighted by Gasteiger charge is -2.28. The zero-order chi connectivity index (χ0) is 25.9. The van der Waals surface area contributed by atoms with Crippen molar-refractivity contribution in [2.75, 3.05) is 24.7 Å². The molecule has 0 bridgehead atoms. The maximum atomic E-state index is 13.1. The average molecular weight is 526 g/mol. The number of anilines is 1. The first-order chi connectivity index (χ1) is 18.4. The molecule has 1 saturated heterocycles. The standard InChI is InChI=1S/C26H26F3N7O2/c27-26(28,29)25-31-23-15-34(9-10-35(23)33-25)18-3-4-19-20(13-18)30-8-5-21(19)38-22-14-36(17-1-2-17)32-24(22)16-6-11-37-12-7-16/h3-5,8,13-14,16-17H,1-2,6-7,9-12,15H2. The third kappa shape index (κ3) is 4.36. The molecule has 0 amide bonds. The molecular formula is C26H26F3N7O2. The smallest absolute Gasteiger partial charge is 0.453 e. The average Bonchev–Trinajstić information content (AvgIpc) is 3.53. The van der Waals surface area contributed by atoms with Crippen LogP contribution in [0.5, 0.6) is 11.5 Å². The third-order valence-corrected chi connectivity index (χ3v) is 7.44. The number of aromatic nitrogens is 6. The normalized spacial score (nSPS) is 18.7. The van der Waals surface area contributed by atoms with Gasteiger partial charge in [0.05, 0.1) is 30.8 Å². The number of halogens is 3. The Bertz CT molecular complexity index is 1490. The Morgan fingerprint density at radius 2 is 1.82 bits per heavy atom. The maximum absolute atomic E-state index is 13.1. The third-order valence-electron chi connectivity index (χ3n) is 7.44. The summed E-state index contributed by atoms with van der Waals surface area (Å²) in [5.74, 6) is 0.968. The molecule has 1 aromatic carbocycles. The number of rotatable bonds is 5. The highest BCUT2D eigenvalue weighted by molar-refractivity contribution is 5.88. The molecule has 38 heavy (non-hydrogen) atoms. The molecule has 2 fully saturated rings. The molecule has 1 aliphatic carbocycles. The molecule has 0 N–H and O–H groups in total. The van der Waals surface area contributed by atoms with Gasteiger partial charge < -0.3 is 14.4 Å². The van der Waals surface area contributed by atoms with Crippen molar-refractivity contribution in [1.82, 2.24) is 29.5 Å². The molecule has 0 atom stereocenters. The summed E-state index contributed by atoms with van der Waals surface area (Å²) in [6.07, 6.45) is 3.29. The van der Waals surface area contributed by atoms with Crippen molar-refractivity contribution in [3.63, 3.8) is 0 Å². The Hall–Kier alpha value is -3.67. The second-order valence-corrected chi connectivity index (χ2v) is 10.1. The fraction of sp³-hybridized carbons (Fsp3) is 0.462. The van der Waals surface area contributed by atoms with Crippen molar-refractivity contribution in [3.8, 4) is 11.5 Å². The van der Waals surface area contributed by atoms with E-state index < -0.39 is 12.0 Å². The van der Waals surface area contributed by atoms with Crippen molar-refractivity contribution >= 4 is 16.6 Å².